The van der Waals surface area contributed by atoms with Crippen molar-refractivity contribution in [2.24, 2.45) is 16.8 Å². The molecule has 174 valence electrons. The lowest BCUT2D eigenvalue weighted by Crippen LogP contribution is -2.51. The van der Waals surface area contributed by atoms with Gasteiger partial charge in [0, 0.05) is 43.5 Å². The van der Waals surface area contributed by atoms with Gasteiger partial charge in [-0.15, -0.1) is 0 Å². The second kappa shape index (κ2) is 8.90. The monoisotopic (exact) mass is 471 g/mol. The molecule has 1 amide bonds. The van der Waals surface area contributed by atoms with E-state index in [2.05, 4.69) is 15.3 Å². The van der Waals surface area contributed by atoms with Crippen molar-refractivity contribution in [2.45, 2.75) is 25.3 Å². The molecule has 1 aromatic heterocycles. The van der Waals surface area contributed by atoms with Gasteiger partial charge in [-0.05, 0) is 37.8 Å². The van der Waals surface area contributed by atoms with Gasteiger partial charge in [0.15, 0.2) is 5.17 Å². The number of aryl methyl sites for hydroxylation is 1. The second-order valence-corrected chi connectivity index (χ2v) is 9.76. The second-order valence-electron chi connectivity index (χ2n) is 8.75. The maximum absolute atomic E-state index is 13.9. The third-order valence-electron chi connectivity index (χ3n) is 6.78. The number of carbonyl (C=O) groups excluding carboxylic acids is 1. The van der Waals surface area contributed by atoms with Gasteiger partial charge in [0.05, 0.1) is 11.2 Å². The van der Waals surface area contributed by atoms with Crippen LogP contribution in [0.4, 0.5) is 10.3 Å². The first-order valence-electron chi connectivity index (χ1n) is 11.1. The number of benzene rings is 1. The van der Waals surface area contributed by atoms with Gasteiger partial charge in [-0.3, -0.25) is 9.79 Å². The highest BCUT2D eigenvalue weighted by Gasteiger charge is 2.54. The number of ether oxygens (including phenoxy) is 1. The number of rotatable bonds is 3. The van der Waals surface area contributed by atoms with Crippen LogP contribution in [-0.2, 0) is 4.74 Å². The fourth-order valence-electron chi connectivity index (χ4n) is 5.05. The number of amidine groups is 1. The van der Waals surface area contributed by atoms with E-state index in [-0.39, 0.29) is 23.4 Å². The largest absolute Gasteiger partial charge is 0.491 e. The van der Waals surface area contributed by atoms with Gasteiger partial charge >= 0.3 is 0 Å². The van der Waals surface area contributed by atoms with Crippen molar-refractivity contribution in [1.82, 2.24) is 15.3 Å². The van der Waals surface area contributed by atoms with E-state index in [1.165, 1.54) is 6.92 Å². The number of aromatic nitrogens is 2. The zero-order valence-corrected chi connectivity index (χ0v) is 19.1. The molecule has 2 N–H and O–H groups in total. The van der Waals surface area contributed by atoms with Crippen LogP contribution < -0.4 is 10.2 Å². The zero-order valence-electron chi connectivity index (χ0n) is 18.3. The summed E-state index contributed by atoms with van der Waals surface area (Å²) in [6, 6.07) is 9.09. The van der Waals surface area contributed by atoms with Crippen LogP contribution in [0.5, 0.6) is 5.88 Å². The molecule has 0 unspecified atom stereocenters. The van der Waals surface area contributed by atoms with Gasteiger partial charge < -0.3 is 20.1 Å². The molecule has 0 aliphatic carbocycles. The molecular weight excluding hydrogens is 445 g/mol. The molecule has 0 radical (unpaired) electrons. The quantitative estimate of drug-likeness (QED) is 0.710. The number of carbonyl (C=O) groups is 1. The van der Waals surface area contributed by atoms with Crippen LogP contribution in [0.3, 0.4) is 0 Å². The molecular formula is C23H26FN5O3S. The molecule has 2 aromatic rings. The minimum atomic E-state index is -0.797. The Labute approximate surface area is 195 Å². The maximum atomic E-state index is 13.9. The Balaban J connectivity index is 1.46. The van der Waals surface area contributed by atoms with Gasteiger partial charge in [-0.1, -0.05) is 30.0 Å². The molecule has 2 fully saturated rings. The predicted octanol–water partition coefficient (Wildman–Crippen LogP) is 2.76. The van der Waals surface area contributed by atoms with Crippen LogP contribution in [-0.4, -0.2) is 63.7 Å². The van der Waals surface area contributed by atoms with Crippen molar-refractivity contribution in [3.63, 3.8) is 0 Å². The summed E-state index contributed by atoms with van der Waals surface area (Å²) in [5.74, 6) is -0.0364. The summed E-state index contributed by atoms with van der Waals surface area (Å²) < 4.78 is 19.5. The average Bonchev–Trinajstić information content (AvgIpc) is 3.23. The van der Waals surface area contributed by atoms with Gasteiger partial charge in [0.25, 0.3) is 11.8 Å². The summed E-state index contributed by atoms with van der Waals surface area (Å²) in [6.07, 6.45) is 1.76. The molecule has 0 spiro atoms. The zero-order chi connectivity index (χ0) is 23.0. The van der Waals surface area contributed by atoms with Gasteiger partial charge in [0.2, 0.25) is 11.8 Å². The van der Waals surface area contributed by atoms with Crippen molar-refractivity contribution in [1.29, 1.82) is 0 Å². The van der Waals surface area contributed by atoms with E-state index >= 15 is 0 Å². The number of hydrogen-bond acceptors (Lipinski definition) is 8. The van der Waals surface area contributed by atoms with E-state index in [0.29, 0.717) is 43.0 Å². The van der Waals surface area contributed by atoms with Crippen LogP contribution in [0.2, 0.25) is 0 Å². The van der Waals surface area contributed by atoms with Crippen molar-refractivity contribution in [3.8, 4) is 5.88 Å². The van der Waals surface area contributed by atoms with E-state index in [1.54, 1.807) is 23.9 Å². The number of halogens is 1. The predicted molar refractivity (Wildman–Crippen MR) is 124 cm³/mol. The number of thioether (sulfide) groups is 1. The smallest absolute Gasteiger partial charge is 0.257 e. The van der Waals surface area contributed by atoms with Crippen molar-refractivity contribution >= 4 is 28.8 Å². The topological polar surface area (TPSA) is 99.9 Å². The number of aromatic hydroxyl groups is 1. The first-order chi connectivity index (χ1) is 16.0. The van der Waals surface area contributed by atoms with E-state index in [9.17, 15) is 14.3 Å². The highest BCUT2D eigenvalue weighted by molar-refractivity contribution is 8.13. The molecule has 5 rings (SSSR count). The Hall–Kier alpha value is -2.72. The third kappa shape index (κ3) is 4.17. The molecule has 10 heteroatoms. The molecule has 8 nitrogen and oxygen atoms in total. The van der Waals surface area contributed by atoms with Crippen LogP contribution in [0.25, 0.3) is 0 Å². The fraction of sp³-hybridized carbons (Fsp3) is 0.478. The molecule has 2 saturated heterocycles. The minimum Gasteiger partial charge on any atom is -0.491 e. The van der Waals surface area contributed by atoms with Crippen LogP contribution in [0, 0.1) is 24.6 Å². The number of nitrogens with one attached hydrogen (secondary N) is 1. The maximum Gasteiger partial charge on any atom is 0.257 e. The lowest BCUT2D eigenvalue weighted by atomic mass is 9.73. The number of anilines is 1. The number of aliphatic imine (C=N–C) groups is 1. The van der Waals surface area contributed by atoms with E-state index < -0.39 is 17.2 Å². The molecule has 3 aliphatic rings. The fourth-order valence-corrected chi connectivity index (χ4v) is 6.20. The molecule has 3 aliphatic heterocycles. The van der Waals surface area contributed by atoms with Gasteiger partial charge in [0.1, 0.15) is 0 Å². The summed E-state index contributed by atoms with van der Waals surface area (Å²) in [5, 5.41) is 13.5. The summed E-state index contributed by atoms with van der Waals surface area (Å²) in [6.45, 7) is 4.07. The van der Waals surface area contributed by atoms with Crippen LogP contribution in [0.15, 0.2) is 35.3 Å². The first-order valence-corrected chi connectivity index (χ1v) is 12.1. The summed E-state index contributed by atoms with van der Waals surface area (Å²) >= 11 is 1.54. The number of fused-ring (bicyclic) bond motifs is 1. The lowest BCUT2D eigenvalue weighted by molar-refractivity contribution is 0.0350. The number of amides is 1. The Morgan fingerprint density at radius 3 is 2.73 bits per heavy atom. The van der Waals surface area contributed by atoms with Crippen LogP contribution in [0.1, 0.15) is 28.9 Å². The average molecular weight is 472 g/mol. The van der Waals surface area contributed by atoms with E-state index in [4.69, 9.17) is 9.73 Å². The Bertz CT molecular complexity index is 1060. The highest BCUT2D eigenvalue weighted by atomic mass is 32.2. The minimum absolute atomic E-state index is 0.112. The summed E-state index contributed by atoms with van der Waals surface area (Å²) in [7, 11) is 0. The van der Waals surface area contributed by atoms with Crippen LogP contribution >= 0.6 is 11.8 Å². The van der Waals surface area contributed by atoms with Crippen molar-refractivity contribution in [3.05, 3.63) is 47.4 Å². The van der Waals surface area contributed by atoms with E-state index in [1.807, 2.05) is 23.1 Å². The van der Waals surface area contributed by atoms with E-state index in [0.717, 1.165) is 18.6 Å². The molecule has 0 saturated carbocycles. The van der Waals surface area contributed by atoms with Gasteiger partial charge in [-0.2, -0.15) is 9.37 Å². The SMILES string of the molecule is Cc1nc(N2C[C@H]3CSC(NC(=O)c4ccccc4)=N[C@@]3(C3CCOCC3)C2)nc(O)c1F. The first kappa shape index (κ1) is 22.1. The molecule has 4 heterocycles. The standard InChI is InChI=1S/C23H26FN5O3S/c1-14-18(24)20(31)26-21(25-14)29-11-17-12-33-22(27-19(30)15-5-3-2-4-6-15)28-23(17,13-29)16-7-9-32-10-8-16/h2-6,16-17H,7-13H2,1H3,(H,25,26,31)(H,27,28,30)/t17-,23+/m0/s1. The molecule has 33 heavy (non-hydrogen) atoms. The molecule has 1 aromatic carbocycles. The lowest BCUT2D eigenvalue weighted by Gasteiger charge is -2.42. The van der Waals surface area contributed by atoms with Crippen molar-refractivity contribution in [2.75, 3.05) is 37.0 Å². The molecule has 2 atom stereocenters. The Kier molecular flexibility index (Phi) is 5.96. The van der Waals surface area contributed by atoms with Crippen molar-refractivity contribution < 1.29 is 19.0 Å². The summed E-state index contributed by atoms with van der Waals surface area (Å²) in [5.41, 5.74) is 0.262. The summed E-state index contributed by atoms with van der Waals surface area (Å²) in [4.78, 5) is 28.2. The number of nitrogens with zero attached hydrogens (tertiary/aromatic N) is 4. The Morgan fingerprint density at radius 1 is 1.24 bits per heavy atom. The molecule has 0 bridgehead atoms. The third-order valence-corrected chi connectivity index (χ3v) is 7.81. The Morgan fingerprint density at radius 2 is 2.00 bits per heavy atom. The number of hydrogen-bond donors (Lipinski definition) is 2. The van der Waals surface area contributed by atoms with Gasteiger partial charge in [-0.25, -0.2) is 4.98 Å². The normalized spacial score (nSPS) is 25.5. The highest BCUT2D eigenvalue weighted by Crippen LogP contribution is 2.47.